The molecular formula is C28H30Cl2N4O2. The van der Waals surface area contributed by atoms with Crippen molar-refractivity contribution >= 4 is 34.8 Å². The number of nitrogens with one attached hydrogen (secondary N) is 1. The van der Waals surface area contributed by atoms with E-state index in [9.17, 15) is 4.79 Å². The zero-order chi connectivity index (χ0) is 24.6. The summed E-state index contributed by atoms with van der Waals surface area (Å²) >= 11 is 13.5. The summed E-state index contributed by atoms with van der Waals surface area (Å²) in [5, 5.41) is 1.25. The van der Waals surface area contributed by atoms with E-state index >= 15 is 0 Å². The van der Waals surface area contributed by atoms with Gasteiger partial charge in [0.1, 0.15) is 0 Å². The van der Waals surface area contributed by atoms with Crippen LogP contribution >= 0.6 is 23.2 Å². The van der Waals surface area contributed by atoms with Crippen molar-refractivity contribution in [2.24, 2.45) is 5.92 Å². The first-order chi connectivity index (χ1) is 17.6. The quantitative estimate of drug-likeness (QED) is 0.500. The van der Waals surface area contributed by atoms with Gasteiger partial charge in [-0.1, -0.05) is 35.3 Å². The third-order valence-corrected chi connectivity index (χ3v) is 8.60. The largest absolute Gasteiger partial charge is 0.378 e. The molecule has 1 unspecified atom stereocenters. The number of amides is 1. The number of hydrogen-bond acceptors (Lipinski definition) is 4. The number of rotatable bonds is 5. The summed E-state index contributed by atoms with van der Waals surface area (Å²) in [4.78, 5) is 25.4. The van der Waals surface area contributed by atoms with E-state index in [0.717, 1.165) is 80.9 Å². The molecule has 1 amide bonds. The number of carbonyl (C=O) groups excluding carboxylic acids is 1. The standard InChI is InChI=1S/C28H30Cl2N4O2/c29-24-14-20(18-1-3-21(4-2-18)33-9-11-36-12-10-33)15-25(30)23(24)13-19-7-8-34(28(19)35)22-5-6-26-27(16-22)32-17-31-26/h1-4,14-15,17,19,22H,5-13,16H2,(H,31,32)/t19-,22?/m0/s1. The molecule has 188 valence electrons. The molecule has 6 nitrogen and oxygen atoms in total. The Labute approximate surface area is 221 Å². The summed E-state index contributed by atoms with van der Waals surface area (Å²) in [5.74, 6) is 0.139. The van der Waals surface area contributed by atoms with E-state index < -0.39 is 0 Å². The van der Waals surface area contributed by atoms with E-state index in [0.29, 0.717) is 16.5 Å². The molecule has 1 aromatic heterocycles. The minimum atomic E-state index is -0.0816. The van der Waals surface area contributed by atoms with Crippen molar-refractivity contribution in [2.75, 3.05) is 37.7 Å². The Morgan fingerprint density at radius 2 is 1.75 bits per heavy atom. The van der Waals surface area contributed by atoms with Crippen LogP contribution in [0.3, 0.4) is 0 Å². The first-order valence-electron chi connectivity index (χ1n) is 12.8. The Morgan fingerprint density at radius 3 is 2.50 bits per heavy atom. The lowest BCUT2D eigenvalue weighted by molar-refractivity contribution is -0.133. The molecule has 1 N–H and O–H groups in total. The van der Waals surface area contributed by atoms with Crippen LogP contribution in [-0.2, 0) is 28.8 Å². The number of hydrogen-bond donors (Lipinski definition) is 1. The predicted octanol–water partition coefficient (Wildman–Crippen LogP) is 5.17. The molecule has 3 aromatic rings. The molecular weight excluding hydrogens is 495 g/mol. The van der Waals surface area contributed by atoms with Gasteiger partial charge in [-0.25, -0.2) is 4.98 Å². The van der Waals surface area contributed by atoms with Gasteiger partial charge in [-0.05, 0) is 66.6 Å². The van der Waals surface area contributed by atoms with Crippen LogP contribution in [0, 0.1) is 5.92 Å². The van der Waals surface area contributed by atoms with Crippen molar-refractivity contribution in [3.8, 4) is 11.1 Å². The zero-order valence-electron chi connectivity index (χ0n) is 20.2. The topological polar surface area (TPSA) is 61.5 Å². The fourth-order valence-electron chi connectivity index (χ4n) is 5.86. The molecule has 3 heterocycles. The number of halogens is 2. The van der Waals surface area contributed by atoms with E-state index in [2.05, 4.69) is 44.0 Å². The Kier molecular flexibility index (Phi) is 6.67. The highest BCUT2D eigenvalue weighted by atomic mass is 35.5. The van der Waals surface area contributed by atoms with Crippen LogP contribution in [0.15, 0.2) is 42.7 Å². The van der Waals surface area contributed by atoms with Gasteiger partial charge in [-0.3, -0.25) is 4.79 Å². The number of fused-ring (bicyclic) bond motifs is 1. The molecule has 0 bridgehead atoms. The highest BCUT2D eigenvalue weighted by Crippen LogP contribution is 2.37. The zero-order valence-corrected chi connectivity index (χ0v) is 21.7. The number of likely N-dealkylation sites (tertiary alicyclic amines) is 1. The van der Waals surface area contributed by atoms with Crippen molar-refractivity contribution in [3.05, 3.63) is 69.7 Å². The fourth-order valence-corrected chi connectivity index (χ4v) is 6.50. The van der Waals surface area contributed by atoms with Crippen molar-refractivity contribution in [1.29, 1.82) is 0 Å². The molecule has 0 saturated carbocycles. The first kappa shape index (κ1) is 23.8. The monoisotopic (exact) mass is 524 g/mol. The SMILES string of the molecule is O=C1[C@H](Cc2c(Cl)cc(-c3ccc(N4CCOCC4)cc3)cc2Cl)CCN1C1CCc2nc[nH]c2C1. The summed E-state index contributed by atoms with van der Waals surface area (Å²) in [6.07, 6.45) is 5.91. The number of nitrogens with zero attached hydrogens (tertiary/aromatic N) is 3. The van der Waals surface area contributed by atoms with Gasteiger partial charge in [0.25, 0.3) is 0 Å². The normalized spacial score (nSPS) is 22.2. The number of aryl methyl sites for hydroxylation is 1. The van der Waals surface area contributed by atoms with Crippen LogP contribution in [0.5, 0.6) is 0 Å². The maximum atomic E-state index is 13.3. The van der Waals surface area contributed by atoms with Gasteiger partial charge in [-0.2, -0.15) is 0 Å². The first-order valence-corrected chi connectivity index (χ1v) is 13.5. The van der Waals surface area contributed by atoms with Crippen LogP contribution in [0.2, 0.25) is 10.0 Å². The highest BCUT2D eigenvalue weighted by Gasteiger charge is 2.38. The van der Waals surface area contributed by atoms with Crippen LogP contribution in [0.4, 0.5) is 5.69 Å². The van der Waals surface area contributed by atoms with Crippen LogP contribution in [-0.4, -0.2) is 59.7 Å². The number of benzene rings is 2. The van der Waals surface area contributed by atoms with Crippen LogP contribution in [0.25, 0.3) is 11.1 Å². The number of morpholine rings is 1. The van der Waals surface area contributed by atoms with Crippen LogP contribution < -0.4 is 4.90 Å². The second kappa shape index (κ2) is 10.1. The summed E-state index contributed by atoms with van der Waals surface area (Å²) < 4.78 is 5.45. The molecule has 2 aliphatic heterocycles. The van der Waals surface area contributed by atoms with E-state index in [4.69, 9.17) is 27.9 Å². The molecule has 3 aliphatic rings. The molecule has 2 saturated heterocycles. The highest BCUT2D eigenvalue weighted by molar-refractivity contribution is 6.36. The number of aromatic amines is 1. The Bertz CT molecular complexity index is 1230. The fraction of sp³-hybridized carbons (Fsp3) is 0.429. The molecule has 0 radical (unpaired) electrons. The lowest BCUT2D eigenvalue weighted by atomic mass is 9.94. The molecule has 2 atom stereocenters. The number of aromatic nitrogens is 2. The molecule has 36 heavy (non-hydrogen) atoms. The minimum absolute atomic E-state index is 0.0816. The average molecular weight is 525 g/mol. The predicted molar refractivity (Wildman–Crippen MR) is 143 cm³/mol. The summed E-state index contributed by atoms with van der Waals surface area (Å²) in [6, 6.07) is 12.7. The second-order valence-corrected chi connectivity index (χ2v) is 10.8. The van der Waals surface area contributed by atoms with E-state index in [1.54, 1.807) is 6.33 Å². The second-order valence-electron chi connectivity index (χ2n) is 10.0. The smallest absolute Gasteiger partial charge is 0.226 e. The van der Waals surface area contributed by atoms with Gasteiger partial charge in [0, 0.05) is 59.4 Å². The van der Waals surface area contributed by atoms with Crippen molar-refractivity contribution in [3.63, 3.8) is 0 Å². The number of imidazole rings is 1. The van der Waals surface area contributed by atoms with Gasteiger partial charge in [0.15, 0.2) is 0 Å². The van der Waals surface area contributed by atoms with Gasteiger partial charge in [0.2, 0.25) is 5.91 Å². The molecule has 8 heteroatoms. The Hall–Kier alpha value is -2.54. The van der Waals surface area contributed by atoms with Gasteiger partial charge in [-0.15, -0.1) is 0 Å². The summed E-state index contributed by atoms with van der Waals surface area (Å²) in [7, 11) is 0. The van der Waals surface area contributed by atoms with Gasteiger partial charge < -0.3 is 19.5 Å². The van der Waals surface area contributed by atoms with E-state index in [1.165, 1.54) is 11.4 Å². The number of carbonyl (C=O) groups is 1. The third kappa shape index (κ3) is 4.62. The van der Waals surface area contributed by atoms with Crippen molar-refractivity contribution in [1.82, 2.24) is 14.9 Å². The van der Waals surface area contributed by atoms with Crippen molar-refractivity contribution < 1.29 is 9.53 Å². The Balaban J connectivity index is 1.14. The van der Waals surface area contributed by atoms with Crippen molar-refractivity contribution in [2.45, 2.75) is 38.1 Å². The maximum absolute atomic E-state index is 13.3. The molecule has 6 rings (SSSR count). The maximum Gasteiger partial charge on any atom is 0.226 e. The third-order valence-electron chi connectivity index (χ3n) is 7.92. The molecule has 2 aromatic carbocycles. The molecule has 2 fully saturated rings. The molecule has 0 spiro atoms. The average Bonchev–Trinajstić information content (AvgIpc) is 3.52. The summed E-state index contributed by atoms with van der Waals surface area (Å²) in [6.45, 7) is 4.14. The minimum Gasteiger partial charge on any atom is -0.378 e. The number of ether oxygens (including phenoxy) is 1. The summed E-state index contributed by atoms with van der Waals surface area (Å²) in [5.41, 5.74) is 6.43. The Morgan fingerprint density at radius 1 is 1.00 bits per heavy atom. The number of anilines is 1. The lowest BCUT2D eigenvalue weighted by Crippen LogP contribution is -2.41. The van der Waals surface area contributed by atoms with Crippen LogP contribution in [0.1, 0.15) is 29.8 Å². The molecule has 1 aliphatic carbocycles. The van der Waals surface area contributed by atoms with E-state index in [1.807, 2.05) is 12.1 Å². The number of H-pyrrole nitrogens is 1. The van der Waals surface area contributed by atoms with Gasteiger partial charge >= 0.3 is 0 Å². The lowest BCUT2D eigenvalue weighted by Gasteiger charge is -2.31. The van der Waals surface area contributed by atoms with Gasteiger partial charge in [0.05, 0.1) is 25.2 Å². The van der Waals surface area contributed by atoms with E-state index in [-0.39, 0.29) is 17.9 Å².